The summed E-state index contributed by atoms with van der Waals surface area (Å²) in [6.07, 6.45) is 2.37. The van der Waals surface area contributed by atoms with E-state index in [0.29, 0.717) is 22.2 Å². The minimum Gasteiger partial charge on any atom is -0.325 e. The van der Waals surface area contributed by atoms with Gasteiger partial charge in [0.25, 0.3) is 0 Å². The molecule has 0 unspecified atom stereocenters. The van der Waals surface area contributed by atoms with Crippen molar-refractivity contribution in [2.45, 2.75) is 32.7 Å². The minimum atomic E-state index is -0.165. The van der Waals surface area contributed by atoms with Crippen LogP contribution in [0.1, 0.15) is 32.3 Å². The van der Waals surface area contributed by atoms with Gasteiger partial charge in [0.05, 0.1) is 16.6 Å². The third-order valence-corrected chi connectivity index (χ3v) is 4.29. The average Bonchev–Trinajstić information content (AvgIpc) is 2.46. The van der Waals surface area contributed by atoms with Crippen molar-refractivity contribution in [3.63, 3.8) is 0 Å². The second-order valence-corrected chi connectivity index (χ2v) is 6.12. The van der Waals surface area contributed by atoms with Crippen LogP contribution in [-0.4, -0.2) is 29.9 Å². The summed E-state index contributed by atoms with van der Waals surface area (Å²) in [5.74, 6) is 0.600. The number of benzene rings is 1. The molecule has 1 aliphatic heterocycles. The van der Waals surface area contributed by atoms with Gasteiger partial charge in [0.2, 0.25) is 5.91 Å². The predicted octanol–water partition coefficient (Wildman–Crippen LogP) is 3.27. The van der Waals surface area contributed by atoms with E-state index in [1.807, 2.05) is 13.0 Å². The van der Waals surface area contributed by atoms with Crippen molar-refractivity contribution >= 4 is 23.2 Å². The largest absolute Gasteiger partial charge is 0.325 e. The summed E-state index contributed by atoms with van der Waals surface area (Å²) in [5, 5.41) is 12.1. The lowest BCUT2D eigenvalue weighted by molar-refractivity contribution is -0.121. The normalized spacial score (nSPS) is 20.6. The lowest BCUT2D eigenvalue weighted by Gasteiger charge is -2.34. The first kappa shape index (κ1) is 15.8. The first-order valence-electron chi connectivity index (χ1n) is 7.26. The van der Waals surface area contributed by atoms with Crippen LogP contribution in [0.15, 0.2) is 18.2 Å². The zero-order chi connectivity index (χ0) is 15.4. The van der Waals surface area contributed by atoms with Crippen LogP contribution < -0.4 is 5.32 Å². The Bertz CT molecular complexity index is 567. The molecule has 0 radical (unpaired) electrons. The summed E-state index contributed by atoms with van der Waals surface area (Å²) in [6, 6.07) is 6.77. The third-order valence-electron chi connectivity index (χ3n) is 3.97. The molecule has 0 saturated carbocycles. The van der Waals surface area contributed by atoms with Crippen LogP contribution in [0.25, 0.3) is 0 Å². The summed E-state index contributed by atoms with van der Waals surface area (Å²) >= 11 is 5.98. The molecule has 0 bridgehead atoms. The van der Waals surface area contributed by atoms with Gasteiger partial charge in [-0.25, -0.2) is 0 Å². The summed E-state index contributed by atoms with van der Waals surface area (Å²) in [4.78, 5) is 14.5. The number of hydrogen-bond donors (Lipinski definition) is 1. The van der Waals surface area contributed by atoms with E-state index in [1.54, 1.807) is 18.2 Å². The second kappa shape index (κ2) is 6.93. The highest BCUT2D eigenvalue weighted by atomic mass is 35.5. The van der Waals surface area contributed by atoms with Crippen molar-refractivity contribution in [2.75, 3.05) is 18.4 Å². The van der Waals surface area contributed by atoms with Gasteiger partial charge in [0, 0.05) is 12.2 Å². The third kappa shape index (κ3) is 3.96. The standard InChI is InChI=1S/C16H20ClN3O/c1-11-4-3-7-20(10-11)12(2)16(21)19-14-6-5-13(9-18)15(17)8-14/h5-6,8,11-12H,3-4,7,10H2,1-2H3,(H,19,21)/t11-,12+/m1/s1. The highest BCUT2D eigenvalue weighted by Gasteiger charge is 2.25. The van der Waals surface area contributed by atoms with Crippen LogP contribution in [0.5, 0.6) is 0 Å². The number of piperidine rings is 1. The van der Waals surface area contributed by atoms with E-state index in [4.69, 9.17) is 16.9 Å². The van der Waals surface area contributed by atoms with E-state index in [9.17, 15) is 4.79 Å². The Morgan fingerprint density at radius 2 is 2.33 bits per heavy atom. The fourth-order valence-electron chi connectivity index (χ4n) is 2.67. The number of nitrogens with one attached hydrogen (secondary N) is 1. The first-order valence-corrected chi connectivity index (χ1v) is 7.63. The van der Waals surface area contributed by atoms with Crippen molar-refractivity contribution in [2.24, 2.45) is 5.92 Å². The molecule has 0 aliphatic carbocycles. The molecular weight excluding hydrogens is 286 g/mol. The molecular formula is C16H20ClN3O. The Morgan fingerprint density at radius 1 is 1.57 bits per heavy atom. The number of nitriles is 1. The molecule has 1 aromatic rings. The molecule has 2 atom stereocenters. The second-order valence-electron chi connectivity index (χ2n) is 5.71. The zero-order valence-corrected chi connectivity index (χ0v) is 13.2. The van der Waals surface area contributed by atoms with Gasteiger partial charge in [0.1, 0.15) is 6.07 Å². The number of anilines is 1. The number of carbonyl (C=O) groups excluding carboxylic acids is 1. The smallest absolute Gasteiger partial charge is 0.241 e. The highest BCUT2D eigenvalue weighted by molar-refractivity contribution is 6.32. The number of rotatable bonds is 3. The van der Waals surface area contributed by atoms with Crippen molar-refractivity contribution < 1.29 is 4.79 Å². The molecule has 2 rings (SSSR count). The molecule has 0 aromatic heterocycles. The van der Waals surface area contributed by atoms with Gasteiger partial charge in [-0.05, 0) is 50.4 Å². The van der Waals surface area contributed by atoms with Crippen molar-refractivity contribution in [3.8, 4) is 6.07 Å². The SMILES string of the molecule is C[C@@H]1CCCN([C@@H](C)C(=O)Nc2ccc(C#N)c(Cl)c2)C1. The molecule has 1 aliphatic rings. The number of nitrogens with zero attached hydrogens (tertiary/aromatic N) is 2. The van der Waals surface area contributed by atoms with Crippen LogP contribution in [0.4, 0.5) is 5.69 Å². The quantitative estimate of drug-likeness (QED) is 0.932. The van der Waals surface area contributed by atoms with Crippen LogP contribution in [0, 0.1) is 17.2 Å². The van der Waals surface area contributed by atoms with E-state index in [0.717, 1.165) is 19.5 Å². The molecule has 21 heavy (non-hydrogen) atoms. The Morgan fingerprint density at radius 3 is 2.95 bits per heavy atom. The summed E-state index contributed by atoms with van der Waals surface area (Å²) in [5.41, 5.74) is 1.04. The van der Waals surface area contributed by atoms with E-state index in [-0.39, 0.29) is 11.9 Å². The molecule has 0 spiro atoms. The molecule has 1 saturated heterocycles. The Labute approximate surface area is 130 Å². The number of amides is 1. The Hall–Kier alpha value is -1.57. The number of carbonyl (C=O) groups is 1. The van der Waals surface area contributed by atoms with E-state index >= 15 is 0 Å². The minimum absolute atomic E-state index is 0.0372. The molecule has 1 aromatic carbocycles. The van der Waals surface area contributed by atoms with Crippen LogP contribution in [0.3, 0.4) is 0 Å². The fourth-order valence-corrected chi connectivity index (χ4v) is 2.90. The highest BCUT2D eigenvalue weighted by Crippen LogP contribution is 2.22. The number of hydrogen-bond acceptors (Lipinski definition) is 3. The van der Waals surface area contributed by atoms with E-state index in [1.165, 1.54) is 6.42 Å². The number of halogens is 1. The zero-order valence-electron chi connectivity index (χ0n) is 12.4. The molecule has 1 amide bonds. The van der Waals surface area contributed by atoms with Crippen molar-refractivity contribution in [3.05, 3.63) is 28.8 Å². The van der Waals surface area contributed by atoms with Crippen LogP contribution >= 0.6 is 11.6 Å². The van der Waals surface area contributed by atoms with E-state index < -0.39 is 0 Å². The molecule has 112 valence electrons. The van der Waals surface area contributed by atoms with Gasteiger partial charge in [-0.15, -0.1) is 0 Å². The monoisotopic (exact) mass is 305 g/mol. The van der Waals surface area contributed by atoms with Crippen molar-refractivity contribution in [1.82, 2.24) is 4.90 Å². The first-order chi connectivity index (χ1) is 10.0. The summed E-state index contributed by atoms with van der Waals surface area (Å²) in [7, 11) is 0. The van der Waals surface area contributed by atoms with Gasteiger partial charge in [-0.3, -0.25) is 9.69 Å². The van der Waals surface area contributed by atoms with Crippen LogP contribution in [-0.2, 0) is 4.79 Å². The lowest BCUT2D eigenvalue weighted by Crippen LogP contribution is -2.46. The van der Waals surface area contributed by atoms with Crippen molar-refractivity contribution in [1.29, 1.82) is 5.26 Å². The summed E-state index contributed by atoms with van der Waals surface area (Å²) < 4.78 is 0. The Kier molecular flexibility index (Phi) is 5.22. The topological polar surface area (TPSA) is 56.1 Å². The molecule has 1 heterocycles. The maximum Gasteiger partial charge on any atom is 0.241 e. The fraction of sp³-hybridized carbons (Fsp3) is 0.500. The molecule has 5 heteroatoms. The predicted molar refractivity (Wildman–Crippen MR) is 84.2 cm³/mol. The van der Waals surface area contributed by atoms with Gasteiger partial charge < -0.3 is 5.32 Å². The molecule has 1 N–H and O–H groups in total. The number of likely N-dealkylation sites (tertiary alicyclic amines) is 1. The summed E-state index contributed by atoms with van der Waals surface area (Å²) in [6.45, 7) is 6.07. The lowest BCUT2D eigenvalue weighted by atomic mass is 9.99. The van der Waals surface area contributed by atoms with Gasteiger partial charge in [-0.2, -0.15) is 5.26 Å². The maximum atomic E-state index is 12.3. The van der Waals surface area contributed by atoms with Gasteiger partial charge in [-0.1, -0.05) is 18.5 Å². The molecule has 1 fully saturated rings. The average molecular weight is 306 g/mol. The van der Waals surface area contributed by atoms with E-state index in [2.05, 4.69) is 17.1 Å². The van der Waals surface area contributed by atoms with Crippen LogP contribution in [0.2, 0.25) is 5.02 Å². The van der Waals surface area contributed by atoms with Gasteiger partial charge >= 0.3 is 0 Å². The maximum absolute atomic E-state index is 12.3. The Balaban J connectivity index is 2.00. The molecule has 4 nitrogen and oxygen atoms in total. The van der Waals surface area contributed by atoms with Gasteiger partial charge in [0.15, 0.2) is 0 Å².